The van der Waals surface area contributed by atoms with Gasteiger partial charge in [0.05, 0.1) is 10.6 Å². The minimum atomic E-state index is -3.51. The molecule has 5 nitrogen and oxygen atoms in total. The van der Waals surface area contributed by atoms with Gasteiger partial charge in [0, 0.05) is 36.1 Å². The zero-order valence-corrected chi connectivity index (χ0v) is 16.6. The molecule has 0 aliphatic carbocycles. The van der Waals surface area contributed by atoms with Crippen LogP contribution in [0.15, 0.2) is 47.4 Å². The highest BCUT2D eigenvalue weighted by Crippen LogP contribution is 2.24. The van der Waals surface area contributed by atoms with Crippen LogP contribution in [0.2, 0.25) is 5.02 Å². The normalized spacial score (nSPS) is 11.6. The molecule has 0 aliphatic rings. The predicted molar refractivity (Wildman–Crippen MR) is 104 cm³/mol. The number of anilines is 1. The molecule has 0 aliphatic heterocycles. The van der Waals surface area contributed by atoms with E-state index in [4.69, 9.17) is 11.6 Å². The lowest BCUT2D eigenvalue weighted by Gasteiger charge is -2.12. The van der Waals surface area contributed by atoms with Crippen molar-refractivity contribution in [2.75, 3.05) is 25.2 Å². The van der Waals surface area contributed by atoms with Crippen molar-refractivity contribution in [2.45, 2.75) is 10.6 Å². The summed E-state index contributed by atoms with van der Waals surface area (Å²) in [6.07, 6.45) is 0. The van der Waals surface area contributed by atoms with Crippen molar-refractivity contribution in [1.82, 2.24) is 4.31 Å². The number of hydrogen-bond donors (Lipinski definition) is 1. The van der Waals surface area contributed by atoms with Gasteiger partial charge in [-0.1, -0.05) is 17.7 Å². The van der Waals surface area contributed by atoms with Crippen molar-refractivity contribution in [3.63, 3.8) is 0 Å². The molecule has 2 aromatic rings. The second-order valence-electron chi connectivity index (χ2n) is 5.55. The molecule has 1 amide bonds. The molecule has 0 atom stereocenters. The van der Waals surface area contributed by atoms with Gasteiger partial charge in [0.2, 0.25) is 15.9 Å². The molecule has 0 aromatic heterocycles. The molecule has 0 spiro atoms. The standard InChI is InChI=1S/C17H18ClFN2O3S2/c1-21(2)26(23,24)13-8-6-12(7-9-13)20-17(22)11-25-10-14-15(18)4-3-5-16(14)19/h3-9H,10-11H2,1-2H3,(H,20,22). The molecule has 0 fully saturated rings. The quantitative estimate of drug-likeness (QED) is 0.748. The Kier molecular flexibility index (Phi) is 7.05. The molecule has 0 saturated carbocycles. The van der Waals surface area contributed by atoms with Crippen LogP contribution in [0.5, 0.6) is 0 Å². The minimum absolute atomic E-state index is 0.114. The van der Waals surface area contributed by atoms with Gasteiger partial charge in [-0.25, -0.2) is 17.1 Å². The van der Waals surface area contributed by atoms with E-state index in [0.29, 0.717) is 16.3 Å². The summed E-state index contributed by atoms with van der Waals surface area (Å²) in [7, 11) is -0.610. The van der Waals surface area contributed by atoms with E-state index in [-0.39, 0.29) is 22.3 Å². The van der Waals surface area contributed by atoms with E-state index in [1.54, 1.807) is 6.07 Å². The SMILES string of the molecule is CN(C)S(=O)(=O)c1ccc(NC(=O)CSCc2c(F)cccc2Cl)cc1. The summed E-state index contributed by atoms with van der Waals surface area (Å²) in [6, 6.07) is 10.3. The van der Waals surface area contributed by atoms with Crippen LogP contribution in [-0.4, -0.2) is 38.5 Å². The molecule has 2 rings (SSSR count). The van der Waals surface area contributed by atoms with Gasteiger partial charge < -0.3 is 5.32 Å². The molecule has 0 bridgehead atoms. The van der Waals surface area contributed by atoms with Crippen LogP contribution in [0.1, 0.15) is 5.56 Å². The number of rotatable bonds is 7. The smallest absolute Gasteiger partial charge is 0.242 e. The lowest BCUT2D eigenvalue weighted by Crippen LogP contribution is -2.22. The third-order valence-electron chi connectivity index (χ3n) is 3.46. The Bertz CT molecular complexity index is 867. The summed E-state index contributed by atoms with van der Waals surface area (Å²) >= 11 is 7.18. The summed E-state index contributed by atoms with van der Waals surface area (Å²) in [4.78, 5) is 12.1. The molecule has 0 saturated heterocycles. The summed E-state index contributed by atoms with van der Waals surface area (Å²) < 4.78 is 38.8. The Balaban J connectivity index is 1.90. The van der Waals surface area contributed by atoms with Crippen molar-refractivity contribution >= 4 is 45.0 Å². The number of carbonyl (C=O) groups excluding carboxylic acids is 1. The number of sulfonamides is 1. The van der Waals surface area contributed by atoms with E-state index in [0.717, 1.165) is 4.31 Å². The van der Waals surface area contributed by atoms with Crippen LogP contribution in [-0.2, 0) is 20.6 Å². The van der Waals surface area contributed by atoms with Gasteiger partial charge >= 0.3 is 0 Å². The minimum Gasteiger partial charge on any atom is -0.325 e. The molecule has 26 heavy (non-hydrogen) atoms. The van der Waals surface area contributed by atoms with Crippen molar-refractivity contribution in [1.29, 1.82) is 0 Å². The lowest BCUT2D eigenvalue weighted by molar-refractivity contribution is -0.113. The molecule has 1 N–H and O–H groups in total. The molecule has 0 heterocycles. The van der Waals surface area contributed by atoms with E-state index < -0.39 is 15.8 Å². The van der Waals surface area contributed by atoms with Gasteiger partial charge in [0.15, 0.2) is 0 Å². The number of amides is 1. The van der Waals surface area contributed by atoms with E-state index in [9.17, 15) is 17.6 Å². The van der Waals surface area contributed by atoms with Gasteiger partial charge in [-0.3, -0.25) is 4.79 Å². The molecule has 9 heteroatoms. The summed E-state index contributed by atoms with van der Waals surface area (Å²) in [5.41, 5.74) is 0.849. The number of nitrogens with one attached hydrogen (secondary N) is 1. The topological polar surface area (TPSA) is 66.5 Å². The molecular formula is C17H18ClFN2O3S2. The second kappa shape index (κ2) is 8.85. The van der Waals surface area contributed by atoms with Crippen molar-refractivity contribution in [2.24, 2.45) is 0 Å². The third kappa shape index (κ3) is 5.20. The largest absolute Gasteiger partial charge is 0.325 e. The fourth-order valence-electron chi connectivity index (χ4n) is 2.03. The first-order valence-corrected chi connectivity index (χ1v) is 10.5. The van der Waals surface area contributed by atoms with E-state index in [2.05, 4.69) is 5.32 Å². The van der Waals surface area contributed by atoms with Gasteiger partial charge in [-0.05, 0) is 36.4 Å². The Morgan fingerprint density at radius 3 is 2.42 bits per heavy atom. The zero-order chi connectivity index (χ0) is 19.3. The number of thioether (sulfide) groups is 1. The van der Waals surface area contributed by atoms with Crippen molar-refractivity contribution < 1.29 is 17.6 Å². The van der Waals surface area contributed by atoms with E-state index in [1.165, 1.54) is 62.3 Å². The third-order valence-corrected chi connectivity index (χ3v) is 6.60. The second-order valence-corrected chi connectivity index (χ2v) is 9.10. The fraction of sp³-hybridized carbons (Fsp3) is 0.235. The maximum atomic E-state index is 13.7. The number of nitrogens with zero attached hydrogens (tertiary/aromatic N) is 1. The molecular weight excluding hydrogens is 399 g/mol. The summed E-state index contributed by atoms with van der Waals surface area (Å²) in [5.74, 6) is -0.282. The molecule has 0 radical (unpaired) electrons. The fourth-order valence-corrected chi connectivity index (χ4v) is 4.10. The van der Waals surface area contributed by atoms with Crippen LogP contribution in [0.3, 0.4) is 0 Å². The summed E-state index contributed by atoms with van der Waals surface area (Å²) in [6.45, 7) is 0. The maximum absolute atomic E-state index is 13.7. The highest BCUT2D eigenvalue weighted by Gasteiger charge is 2.16. The molecule has 2 aromatic carbocycles. The first-order chi connectivity index (χ1) is 12.2. The Hall–Kier alpha value is -1.61. The molecule has 0 unspecified atom stereocenters. The van der Waals surface area contributed by atoms with E-state index >= 15 is 0 Å². The average molecular weight is 417 g/mol. The van der Waals surface area contributed by atoms with Gasteiger partial charge in [0.1, 0.15) is 5.82 Å². The van der Waals surface area contributed by atoms with Crippen LogP contribution in [0.4, 0.5) is 10.1 Å². The van der Waals surface area contributed by atoms with Crippen LogP contribution in [0.25, 0.3) is 0 Å². The highest BCUT2D eigenvalue weighted by molar-refractivity contribution is 7.99. The monoisotopic (exact) mass is 416 g/mol. The van der Waals surface area contributed by atoms with Crippen molar-refractivity contribution in [3.05, 3.63) is 58.9 Å². The number of carbonyl (C=O) groups is 1. The summed E-state index contributed by atoms with van der Waals surface area (Å²) in [5, 5.41) is 3.00. The van der Waals surface area contributed by atoms with Crippen LogP contribution < -0.4 is 5.32 Å². The highest BCUT2D eigenvalue weighted by atomic mass is 35.5. The first-order valence-electron chi connectivity index (χ1n) is 7.55. The first kappa shape index (κ1) is 20.7. The van der Waals surface area contributed by atoms with Gasteiger partial charge in [0.25, 0.3) is 0 Å². The van der Waals surface area contributed by atoms with Gasteiger partial charge in [-0.15, -0.1) is 11.8 Å². The van der Waals surface area contributed by atoms with Crippen LogP contribution in [0, 0.1) is 5.82 Å². The number of hydrogen-bond acceptors (Lipinski definition) is 4. The van der Waals surface area contributed by atoms with Gasteiger partial charge in [-0.2, -0.15) is 0 Å². The number of benzene rings is 2. The van der Waals surface area contributed by atoms with E-state index in [1.807, 2.05) is 0 Å². The average Bonchev–Trinajstić information content (AvgIpc) is 2.58. The number of halogens is 2. The lowest BCUT2D eigenvalue weighted by atomic mass is 10.2. The Labute approximate surface area is 161 Å². The maximum Gasteiger partial charge on any atom is 0.242 e. The van der Waals surface area contributed by atoms with Crippen LogP contribution >= 0.6 is 23.4 Å². The predicted octanol–water partition coefficient (Wildman–Crippen LogP) is 3.60. The Morgan fingerprint density at radius 2 is 1.85 bits per heavy atom. The molecule has 140 valence electrons. The Morgan fingerprint density at radius 1 is 1.19 bits per heavy atom. The zero-order valence-electron chi connectivity index (χ0n) is 14.2. The van der Waals surface area contributed by atoms with Crippen molar-refractivity contribution in [3.8, 4) is 0 Å².